The SMILES string of the molecule is O=C(Nc1cccc(F)c1)c1cc2c3c(c1)CCC(=O)N3CCC2. The summed E-state index contributed by atoms with van der Waals surface area (Å²) >= 11 is 0. The average Bonchev–Trinajstić information content (AvgIpc) is 2.58. The monoisotopic (exact) mass is 324 g/mol. The van der Waals surface area contributed by atoms with Gasteiger partial charge in [-0.3, -0.25) is 9.59 Å². The minimum Gasteiger partial charge on any atom is -0.322 e. The van der Waals surface area contributed by atoms with E-state index in [0.717, 1.165) is 36.2 Å². The lowest BCUT2D eigenvalue weighted by Crippen LogP contribution is -2.39. The Bertz CT molecular complexity index is 830. The normalized spacial score (nSPS) is 15.9. The van der Waals surface area contributed by atoms with E-state index < -0.39 is 0 Å². The molecule has 0 fully saturated rings. The smallest absolute Gasteiger partial charge is 0.255 e. The van der Waals surface area contributed by atoms with Crippen LogP contribution < -0.4 is 10.2 Å². The van der Waals surface area contributed by atoms with Gasteiger partial charge in [0.25, 0.3) is 5.91 Å². The van der Waals surface area contributed by atoms with Crippen molar-refractivity contribution in [2.75, 3.05) is 16.8 Å². The summed E-state index contributed by atoms with van der Waals surface area (Å²) < 4.78 is 13.3. The van der Waals surface area contributed by atoms with Gasteiger partial charge in [-0.1, -0.05) is 6.07 Å². The number of benzene rings is 2. The van der Waals surface area contributed by atoms with Crippen LogP contribution in [0.3, 0.4) is 0 Å². The Balaban J connectivity index is 1.67. The molecule has 4 rings (SSSR count). The Morgan fingerprint density at radius 1 is 1.08 bits per heavy atom. The molecule has 1 N–H and O–H groups in total. The van der Waals surface area contributed by atoms with Crippen LogP contribution in [0.15, 0.2) is 36.4 Å². The molecule has 0 aliphatic carbocycles. The molecule has 24 heavy (non-hydrogen) atoms. The molecule has 2 aromatic carbocycles. The fourth-order valence-corrected chi connectivity index (χ4v) is 3.55. The van der Waals surface area contributed by atoms with E-state index in [1.54, 1.807) is 12.1 Å². The predicted molar refractivity (Wildman–Crippen MR) is 89.8 cm³/mol. The number of rotatable bonds is 2. The highest BCUT2D eigenvalue weighted by Gasteiger charge is 2.30. The molecule has 122 valence electrons. The first kappa shape index (κ1) is 14.9. The Hall–Kier alpha value is -2.69. The van der Waals surface area contributed by atoms with E-state index in [4.69, 9.17) is 0 Å². The second-order valence-corrected chi connectivity index (χ2v) is 6.26. The molecule has 0 saturated carbocycles. The zero-order valence-corrected chi connectivity index (χ0v) is 13.1. The van der Waals surface area contributed by atoms with Crippen LogP contribution in [-0.2, 0) is 17.6 Å². The Labute approximate surface area is 139 Å². The number of carbonyl (C=O) groups excluding carboxylic acids is 2. The molecular weight excluding hydrogens is 307 g/mol. The summed E-state index contributed by atoms with van der Waals surface area (Å²) in [5, 5.41) is 2.74. The quantitative estimate of drug-likeness (QED) is 0.921. The minimum atomic E-state index is -0.387. The molecule has 2 aliphatic heterocycles. The Morgan fingerprint density at radius 2 is 1.88 bits per heavy atom. The molecule has 0 saturated heterocycles. The number of amides is 2. The van der Waals surface area contributed by atoms with Crippen LogP contribution in [0, 0.1) is 5.82 Å². The highest BCUT2D eigenvalue weighted by molar-refractivity contribution is 6.06. The number of anilines is 2. The molecule has 4 nitrogen and oxygen atoms in total. The first-order chi connectivity index (χ1) is 11.6. The van der Waals surface area contributed by atoms with Crippen LogP contribution in [0.2, 0.25) is 0 Å². The van der Waals surface area contributed by atoms with Crippen LogP contribution in [-0.4, -0.2) is 18.4 Å². The molecule has 2 aromatic rings. The van der Waals surface area contributed by atoms with Crippen molar-refractivity contribution in [3.63, 3.8) is 0 Å². The lowest BCUT2D eigenvalue weighted by Gasteiger charge is -2.35. The molecular formula is C19H17FN2O2. The molecule has 0 unspecified atom stereocenters. The molecule has 2 amide bonds. The number of halogens is 1. The standard InChI is InChI=1S/C19H17FN2O2/c20-15-4-1-5-16(11-15)21-19(24)14-9-12-3-2-8-22-17(23)7-6-13(10-14)18(12)22/h1,4-5,9-11H,2-3,6-8H2,(H,21,24). The summed E-state index contributed by atoms with van der Waals surface area (Å²) in [6.45, 7) is 0.758. The Morgan fingerprint density at radius 3 is 2.67 bits per heavy atom. The molecule has 0 bridgehead atoms. The van der Waals surface area contributed by atoms with Crippen LogP contribution in [0.25, 0.3) is 0 Å². The summed E-state index contributed by atoms with van der Waals surface area (Å²) in [5.41, 5.74) is 4.10. The van der Waals surface area contributed by atoms with Crippen molar-refractivity contribution in [1.82, 2.24) is 0 Å². The molecule has 5 heteroatoms. The summed E-state index contributed by atoms with van der Waals surface area (Å²) in [6, 6.07) is 9.57. The second kappa shape index (κ2) is 5.74. The molecule has 0 aromatic heterocycles. The van der Waals surface area contributed by atoms with Gasteiger partial charge in [0.15, 0.2) is 0 Å². The number of nitrogens with zero attached hydrogens (tertiary/aromatic N) is 1. The zero-order chi connectivity index (χ0) is 16.7. The number of hydrogen-bond acceptors (Lipinski definition) is 2. The Kier molecular flexibility index (Phi) is 3.56. The first-order valence-electron chi connectivity index (χ1n) is 8.15. The molecule has 0 atom stereocenters. The van der Waals surface area contributed by atoms with E-state index >= 15 is 0 Å². The van der Waals surface area contributed by atoms with Gasteiger partial charge in [-0.25, -0.2) is 4.39 Å². The van der Waals surface area contributed by atoms with E-state index in [9.17, 15) is 14.0 Å². The van der Waals surface area contributed by atoms with Crippen molar-refractivity contribution in [2.45, 2.75) is 25.7 Å². The van der Waals surface area contributed by atoms with E-state index in [2.05, 4.69) is 5.32 Å². The molecule has 2 aliphatic rings. The average molecular weight is 324 g/mol. The number of carbonyl (C=O) groups is 2. The van der Waals surface area contributed by atoms with Crippen LogP contribution >= 0.6 is 0 Å². The fourth-order valence-electron chi connectivity index (χ4n) is 3.55. The van der Waals surface area contributed by atoms with Gasteiger partial charge in [-0.15, -0.1) is 0 Å². The van der Waals surface area contributed by atoms with Gasteiger partial charge in [0.1, 0.15) is 5.82 Å². The van der Waals surface area contributed by atoms with E-state index in [1.807, 2.05) is 17.0 Å². The van der Waals surface area contributed by atoms with Crippen molar-refractivity contribution < 1.29 is 14.0 Å². The fraction of sp³-hybridized carbons (Fsp3) is 0.263. The molecule has 0 spiro atoms. The number of aryl methyl sites for hydroxylation is 2. The summed E-state index contributed by atoms with van der Waals surface area (Å²) in [7, 11) is 0. The highest BCUT2D eigenvalue weighted by atomic mass is 19.1. The van der Waals surface area contributed by atoms with Gasteiger partial charge in [-0.2, -0.15) is 0 Å². The predicted octanol–water partition coefficient (Wildman–Crippen LogP) is 3.30. The van der Waals surface area contributed by atoms with Crippen LogP contribution in [0.1, 0.15) is 34.3 Å². The van der Waals surface area contributed by atoms with Gasteiger partial charge < -0.3 is 10.2 Å². The largest absolute Gasteiger partial charge is 0.322 e. The summed E-state index contributed by atoms with van der Waals surface area (Å²) in [6.07, 6.45) is 2.93. The topological polar surface area (TPSA) is 49.4 Å². The lowest BCUT2D eigenvalue weighted by molar-refractivity contribution is -0.119. The van der Waals surface area contributed by atoms with Gasteiger partial charge >= 0.3 is 0 Å². The zero-order valence-electron chi connectivity index (χ0n) is 13.1. The third-order valence-corrected chi connectivity index (χ3v) is 4.62. The van der Waals surface area contributed by atoms with E-state index in [-0.39, 0.29) is 17.6 Å². The third-order valence-electron chi connectivity index (χ3n) is 4.62. The third kappa shape index (κ3) is 2.56. The van der Waals surface area contributed by atoms with Crippen molar-refractivity contribution in [2.24, 2.45) is 0 Å². The lowest BCUT2D eigenvalue weighted by atomic mass is 9.89. The molecule has 2 heterocycles. The van der Waals surface area contributed by atoms with Crippen molar-refractivity contribution in [3.05, 3.63) is 58.9 Å². The van der Waals surface area contributed by atoms with E-state index in [0.29, 0.717) is 24.1 Å². The van der Waals surface area contributed by atoms with Crippen molar-refractivity contribution in [3.8, 4) is 0 Å². The number of nitrogens with one attached hydrogen (secondary N) is 1. The van der Waals surface area contributed by atoms with Crippen molar-refractivity contribution >= 4 is 23.2 Å². The summed E-state index contributed by atoms with van der Waals surface area (Å²) in [5.74, 6) is -0.475. The van der Waals surface area contributed by atoms with Gasteiger partial charge in [0.2, 0.25) is 5.91 Å². The van der Waals surface area contributed by atoms with E-state index in [1.165, 1.54) is 12.1 Å². The highest BCUT2D eigenvalue weighted by Crippen LogP contribution is 2.36. The van der Waals surface area contributed by atoms with Crippen molar-refractivity contribution in [1.29, 1.82) is 0 Å². The minimum absolute atomic E-state index is 0.167. The first-order valence-corrected chi connectivity index (χ1v) is 8.15. The second-order valence-electron chi connectivity index (χ2n) is 6.26. The maximum absolute atomic E-state index is 13.3. The summed E-state index contributed by atoms with van der Waals surface area (Å²) in [4.78, 5) is 26.5. The van der Waals surface area contributed by atoms with Gasteiger partial charge in [0.05, 0.1) is 5.69 Å². The van der Waals surface area contributed by atoms with Gasteiger partial charge in [0, 0.05) is 24.2 Å². The van der Waals surface area contributed by atoms with Gasteiger partial charge in [-0.05, 0) is 60.7 Å². The van der Waals surface area contributed by atoms with Crippen LogP contribution in [0.5, 0.6) is 0 Å². The van der Waals surface area contributed by atoms with Crippen LogP contribution in [0.4, 0.5) is 15.8 Å². The molecule has 0 radical (unpaired) electrons. The maximum atomic E-state index is 13.3. The maximum Gasteiger partial charge on any atom is 0.255 e. The number of hydrogen-bond donors (Lipinski definition) is 1.